The average Bonchev–Trinajstić information content (AvgIpc) is 3.36. The van der Waals surface area contributed by atoms with Crippen molar-refractivity contribution in [1.29, 1.82) is 0 Å². The topological polar surface area (TPSA) is 126 Å². The predicted molar refractivity (Wildman–Crippen MR) is 188 cm³/mol. The number of cyclic esters (lactones) is 1. The minimum Gasteiger partial charge on any atom is -0.457 e. The molecular weight excluding hydrogens is 627 g/mol. The van der Waals surface area contributed by atoms with Gasteiger partial charge in [-0.2, -0.15) is 0 Å². The predicted octanol–water partition coefficient (Wildman–Crippen LogP) is 6.29. The Morgan fingerprint density at radius 3 is 2.44 bits per heavy atom. The standard InChI is InChI=1S/C37H49N3O7Si/c1-11-37(46-29(41)17-14-18-38-34(44)47-35(4,5)6)26-19-28-30-24(20-40(28)32(42)25(26)21-45-33(37)43)31(23-15-12-13-16-27(23)39-30)48(9,10)36(7,8)22(2)3/h12-13,15-16,19,22H,11,14,17-18,20-21H2,1-10H3,(H,38,44)/t37-/m0/s1. The highest BCUT2D eigenvalue weighted by Crippen LogP contribution is 2.47. The Kier molecular flexibility index (Phi) is 9.18. The van der Waals surface area contributed by atoms with E-state index in [0.717, 1.165) is 22.2 Å². The Bertz CT molecular complexity index is 1850. The zero-order valence-corrected chi connectivity index (χ0v) is 31.0. The van der Waals surface area contributed by atoms with Crippen molar-refractivity contribution in [2.24, 2.45) is 5.92 Å². The largest absolute Gasteiger partial charge is 0.457 e. The molecule has 2 aliphatic rings. The van der Waals surface area contributed by atoms with E-state index in [-0.39, 0.29) is 43.0 Å². The van der Waals surface area contributed by atoms with E-state index >= 15 is 0 Å². The molecule has 0 aliphatic carbocycles. The van der Waals surface area contributed by atoms with Crippen molar-refractivity contribution in [3.63, 3.8) is 0 Å². The molecule has 1 amide bonds. The smallest absolute Gasteiger partial charge is 0.407 e. The van der Waals surface area contributed by atoms with E-state index in [1.165, 1.54) is 5.19 Å². The van der Waals surface area contributed by atoms with Gasteiger partial charge in [0.05, 0.1) is 37.1 Å². The summed E-state index contributed by atoms with van der Waals surface area (Å²) in [7, 11) is -2.22. The summed E-state index contributed by atoms with van der Waals surface area (Å²) < 4.78 is 18.5. The molecule has 10 nitrogen and oxygen atoms in total. The molecule has 0 radical (unpaired) electrons. The number of hydrogen-bond donors (Lipinski definition) is 1. The molecule has 1 aromatic carbocycles. The minimum absolute atomic E-state index is 0.0259. The van der Waals surface area contributed by atoms with Gasteiger partial charge in [0, 0.05) is 18.5 Å². The highest BCUT2D eigenvalue weighted by atomic mass is 28.3. The fourth-order valence-corrected chi connectivity index (χ4v) is 10.9. The van der Waals surface area contributed by atoms with Crippen LogP contribution in [0.4, 0.5) is 4.79 Å². The lowest BCUT2D eigenvalue weighted by molar-refractivity contribution is -0.189. The summed E-state index contributed by atoms with van der Waals surface area (Å²) in [6.07, 6.45) is -0.292. The molecule has 1 atom stereocenters. The molecule has 5 rings (SSSR count). The van der Waals surface area contributed by atoms with Gasteiger partial charge in [0.15, 0.2) is 0 Å². The first kappa shape index (κ1) is 35.3. The van der Waals surface area contributed by atoms with Gasteiger partial charge in [0.25, 0.3) is 5.56 Å². The van der Waals surface area contributed by atoms with E-state index in [4.69, 9.17) is 19.2 Å². The molecule has 0 bridgehead atoms. The van der Waals surface area contributed by atoms with E-state index in [9.17, 15) is 19.2 Å². The number of amides is 1. The lowest BCUT2D eigenvalue weighted by Crippen LogP contribution is -2.54. The maximum atomic E-state index is 14.3. The molecule has 1 N–H and O–H groups in total. The number of carbonyl (C=O) groups is 3. The first-order chi connectivity index (χ1) is 22.4. The van der Waals surface area contributed by atoms with Crippen LogP contribution in [-0.4, -0.2) is 47.8 Å². The number of benzene rings is 1. The number of esters is 2. The van der Waals surface area contributed by atoms with Crippen LogP contribution in [0.1, 0.15) is 91.3 Å². The third-order valence-electron chi connectivity index (χ3n) is 10.8. The maximum Gasteiger partial charge on any atom is 0.407 e. The summed E-state index contributed by atoms with van der Waals surface area (Å²) in [5.74, 6) is -0.917. The number of fused-ring (bicyclic) bond motifs is 5. The van der Waals surface area contributed by atoms with Crippen molar-refractivity contribution in [2.45, 2.75) is 117 Å². The number of carbonyl (C=O) groups excluding carboxylic acids is 3. The van der Waals surface area contributed by atoms with Gasteiger partial charge in [0.1, 0.15) is 12.2 Å². The zero-order valence-electron chi connectivity index (χ0n) is 30.0. The Morgan fingerprint density at radius 1 is 1.10 bits per heavy atom. The maximum absolute atomic E-state index is 14.3. The van der Waals surface area contributed by atoms with Gasteiger partial charge in [-0.1, -0.05) is 65.9 Å². The van der Waals surface area contributed by atoms with Crippen molar-refractivity contribution >= 4 is 42.2 Å². The second-order valence-corrected chi connectivity index (χ2v) is 20.4. The molecule has 3 aromatic rings. The number of nitrogens with one attached hydrogen (secondary N) is 1. The number of rotatable bonds is 9. The van der Waals surface area contributed by atoms with Crippen LogP contribution < -0.4 is 16.1 Å². The second kappa shape index (κ2) is 12.5. The van der Waals surface area contributed by atoms with E-state index in [1.807, 2.05) is 24.3 Å². The van der Waals surface area contributed by atoms with Crippen molar-refractivity contribution in [2.75, 3.05) is 6.54 Å². The molecule has 2 aromatic heterocycles. The van der Waals surface area contributed by atoms with E-state index in [0.29, 0.717) is 29.3 Å². The number of pyridine rings is 2. The van der Waals surface area contributed by atoms with Crippen LogP contribution in [0.15, 0.2) is 35.1 Å². The summed E-state index contributed by atoms with van der Waals surface area (Å²) in [5.41, 5.74) is 1.19. The summed E-state index contributed by atoms with van der Waals surface area (Å²) >= 11 is 0. The van der Waals surface area contributed by atoms with Crippen LogP contribution in [-0.2, 0) is 42.6 Å². The highest BCUT2D eigenvalue weighted by molar-refractivity contribution is 6.94. The molecule has 0 spiro atoms. The normalized spacial score (nSPS) is 17.4. The second-order valence-electron chi connectivity index (χ2n) is 15.4. The fraction of sp³-hybridized carbons (Fsp3) is 0.541. The van der Waals surface area contributed by atoms with Crippen molar-refractivity contribution in [1.82, 2.24) is 14.9 Å². The van der Waals surface area contributed by atoms with Gasteiger partial charge in [-0.05, 0) is 72.8 Å². The van der Waals surface area contributed by atoms with Crippen LogP contribution in [0.2, 0.25) is 18.1 Å². The Morgan fingerprint density at radius 2 is 1.79 bits per heavy atom. The quantitative estimate of drug-likeness (QED) is 0.0950. The number of para-hydroxylation sites is 1. The molecule has 4 heterocycles. The van der Waals surface area contributed by atoms with Crippen LogP contribution in [0.3, 0.4) is 0 Å². The number of ether oxygens (including phenoxy) is 3. The Balaban J connectivity index is 1.55. The molecule has 2 aliphatic heterocycles. The monoisotopic (exact) mass is 675 g/mol. The van der Waals surface area contributed by atoms with Gasteiger partial charge < -0.3 is 24.1 Å². The van der Waals surface area contributed by atoms with Gasteiger partial charge in [0.2, 0.25) is 5.60 Å². The molecule has 48 heavy (non-hydrogen) atoms. The summed E-state index contributed by atoms with van der Waals surface area (Å²) in [6.45, 7) is 21.4. The third kappa shape index (κ3) is 5.94. The van der Waals surface area contributed by atoms with Crippen molar-refractivity contribution < 1.29 is 28.6 Å². The third-order valence-corrected chi connectivity index (χ3v) is 16.4. The highest BCUT2D eigenvalue weighted by Gasteiger charge is 2.51. The lowest BCUT2D eigenvalue weighted by Gasteiger charge is -2.45. The Hall–Kier alpha value is -3.99. The summed E-state index contributed by atoms with van der Waals surface area (Å²) in [6, 6.07) is 9.98. The number of alkyl carbamates (subject to hydrolysis) is 1. The first-order valence-corrected chi connectivity index (χ1v) is 19.9. The zero-order chi connectivity index (χ0) is 35.4. The number of nitrogens with zero attached hydrogens (tertiary/aromatic N) is 2. The fourth-order valence-electron chi connectivity index (χ4n) is 6.93. The van der Waals surface area contributed by atoms with Crippen LogP contribution in [0.25, 0.3) is 22.3 Å². The summed E-state index contributed by atoms with van der Waals surface area (Å²) in [5, 5.41) is 5.06. The first-order valence-electron chi connectivity index (χ1n) is 16.9. The van der Waals surface area contributed by atoms with Crippen LogP contribution in [0, 0.1) is 5.92 Å². The molecule has 0 fully saturated rings. The van der Waals surface area contributed by atoms with Gasteiger partial charge in [-0.3, -0.25) is 9.59 Å². The van der Waals surface area contributed by atoms with Crippen LogP contribution in [0.5, 0.6) is 0 Å². The van der Waals surface area contributed by atoms with Crippen LogP contribution >= 0.6 is 0 Å². The van der Waals surface area contributed by atoms with Gasteiger partial charge in [-0.25, -0.2) is 14.6 Å². The lowest BCUT2D eigenvalue weighted by atomic mass is 9.85. The number of hydrogen-bond acceptors (Lipinski definition) is 8. The van der Waals surface area contributed by atoms with E-state index in [2.05, 4.69) is 52.2 Å². The molecule has 258 valence electrons. The molecule has 11 heteroatoms. The van der Waals surface area contributed by atoms with Gasteiger partial charge in [-0.15, -0.1) is 0 Å². The average molecular weight is 676 g/mol. The van der Waals surface area contributed by atoms with E-state index in [1.54, 1.807) is 32.3 Å². The summed E-state index contributed by atoms with van der Waals surface area (Å²) in [4.78, 5) is 58.1. The number of aromatic nitrogens is 2. The van der Waals surface area contributed by atoms with Crippen molar-refractivity contribution in [3.05, 3.63) is 57.4 Å². The molecule has 0 unspecified atom stereocenters. The SMILES string of the molecule is CC[C@@]1(OC(=O)CCCNC(=O)OC(C)(C)C)C(=O)OCc2c1cc1n(c2=O)Cc2c-1nc1ccccc1c2[Si](C)(C)C(C)(C)C(C)C. The van der Waals surface area contributed by atoms with Gasteiger partial charge >= 0.3 is 18.0 Å². The molecular formula is C37H49N3O7Si. The van der Waals surface area contributed by atoms with E-state index < -0.39 is 37.3 Å². The minimum atomic E-state index is -2.22. The van der Waals surface area contributed by atoms with Crippen molar-refractivity contribution in [3.8, 4) is 11.4 Å². The molecule has 0 saturated heterocycles. The molecule has 0 saturated carbocycles. The Labute approximate surface area is 283 Å².